The summed E-state index contributed by atoms with van der Waals surface area (Å²) in [5.74, 6) is 0.135. The van der Waals surface area contributed by atoms with Crippen LogP contribution in [0.1, 0.15) is 16.6 Å². The molecule has 0 radical (unpaired) electrons. The maximum absolute atomic E-state index is 11.1. The molecule has 0 fully saturated rings. The number of ketones is 1. The first-order chi connectivity index (χ1) is 6.68. The molecule has 0 aliphatic heterocycles. The van der Waals surface area contributed by atoms with Gasteiger partial charge in [-0.1, -0.05) is 0 Å². The predicted octanol–water partition coefficient (Wildman–Crippen LogP) is 2.96. The average molecular weight is 205 g/mol. The lowest BCUT2D eigenvalue weighted by molar-refractivity contribution is 0.102. The summed E-state index contributed by atoms with van der Waals surface area (Å²) in [6, 6.07) is 7.93. The Bertz CT molecular complexity index is 467. The van der Waals surface area contributed by atoms with Gasteiger partial charge in [-0.05, 0) is 31.2 Å². The number of rotatable bonds is 2. The second kappa shape index (κ2) is 3.42. The van der Waals surface area contributed by atoms with Crippen molar-refractivity contribution < 1.29 is 4.79 Å². The van der Waals surface area contributed by atoms with Crippen LogP contribution in [0.25, 0.3) is 10.6 Å². The van der Waals surface area contributed by atoms with Crippen LogP contribution >= 0.6 is 11.3 Å². The Balaban J connectivity index is 2.43. The molecule has 2 rings (SSSR count). The van der Waals surface area contributed by atoms with E-state index in [4.69, 9.17) is 0 Å². The van der Waals surface area contributed by atoms with Gasteiger partial charge in [0, 0.05) is 13.2 Å². The summed E-state index contributed by atoms with van der Waals surface area (Å²) in [7, 11) is 2.00. The average Bonchev–Trinajstić information content (AvgIpc) is 2.71. The highest BCUT2D eigenvalue weighted by molar-refractivity contribution is 7.17. The van der Waals surface area contributed by atoms with Gasteiger partial charge in [0.1, 0.15) is 0 Å². The number of hydrogen-bond acceptors (Lipinski definition) is 2. The third kappa shape index (κ3) is 1.51. The first-order valence-electron chi connectivity index (χ1n) is 4.41. The molecule has 0 amide bonds. The number of nitrogens with zero attached hydrogens (tertiary/aromatic N) is 1. The second-order valence-corrected chi connectivity index (χ2v) is 4.31. The molecule has 2 aromatic heterocycles. The second-order valence-electron chi connectivity index (χ2n) is 3.22. The number of aryl methyl sites for hydroxylation is 1. The van der Waals surface area contributed by atoms with Crippen molar-refractivity contribution in [1.29, 1.82) is 0 Å². The number of thiophene rings is 1. The summed E-state index contributed by atoms with van der Waals surface area (Å²) in [4.78, 5) is 13.1. The van der Waals surface area contributed by atoms with Gasteiger partial charge < -0.3 is 4.57 Å². The fraction of sp³-hybridized carbons (Fsp3) is 0.182. The number of carbonyl (C=O) groups is 1. The molecule has 0 spiro atoms. The van der Waals surface area contributed by atoms with E-state index in [1.54, 1.807) is 18.3 Å². The molecule has 0 bridgehead atoms. The zero-order chi connectivity index (χ0) is 10.1. The van der Waals surface area contributed by atoms with E-state index < -0.39 is 0 Å². The molecule has 2 nitrogen and oxygen atoms in total. The lowest BCUT2D eigenvalue weighted by atomic mass is 10.3. The molecule has 0 saturated heterocycles. The van der Waals surface area contributed by atoms with Crippen LogP contribution in [0.5, 0.6) is 0 Å². The summed E-state index contributed by atoms with van der Waals surface area (Å²) in [6.45, 7) is 1.60. The third-order valence-electron chi connectivity index (χ3n) is 2.15. The van der Waals surface area contributed by atoms with E-state index in [9.17, 15) is 4.79 Å². The van der Waals surface area contributed by atoms with Crippen molar-refractivity contribution in [2.75, 3.05) is 0 Å². The van der Waals surface area contributed by atoms with Gasteiger partial charge >= 0.3 is 0 Å². The monoisotopic (exact) mass is 205 g/mol. The van der Waals surface area contributed by atoms with E-state index in [0.29, 0.717) is 0 Å². The maximum atomic E-state index is 11.1. The van der Waals surface area contributed by atoms with Gasteiger partial charge in [0.15, 0.2) is 5.78 Å². The molecule has 14 heavy (non-hydrogen) atoms. The molecular formula is C11H11NOS. The van der Waals surface area contributed by atoms with Crippen LogP contribution in [0.2, 0.25) is 0 Å². The molecule has 2 heterocycles. The van der Waals surface area contributed by atoms with Crippen LogP contribution < -0.4 is 0 Å². The molecule has 0 aliphatic carbocycles. The normalized spacial score (nSPS) is 10.4. The van der Waals surface area contributed by atoms with E-state index in [2.05, 4.69) is 10.6 Å². The summed E-state index contributed by atoms with van der Waals surface area (Å²) < 4.78 is 2.05. The smallest absolute Gasteiger partial charge is 0.169 e. The first kappa shape index (κ1) is 9.21. The number of hydrogen-bond donors (Lipinski definition) is 0. The Labute approximate surface area is 86.8 Å². The van der Waals surface area contributed by atoms with Crippen LogP contribution in [0.3, 0.4) is 0 Å². The number of aromatic nitrogens is 1. The fourth-order valence-electron chi connectivity index (χ4n) is 1.38. The number of Topliss-reactive ketones (excluding diaryl/α,β-unsaturated/α-hetero) is 1. The van der Waals surface area contributed by atoms with Crippen molar-refractivity contribution >= 4 is 17.1 Å². The van der Waals surface area contributed by atoms with Gasteiger partial charge in [-0.3, -0.25) is 4.79 Å². The minimum absolute atomic E-state index is 0.135. The van der Waals surface area contributed by atoms with Crippen LogP contribution in [0.4, 0.5) is 0 Å². The SMILES string of the molecule is CC(=O)c1ccc(-c2cccn2C)s1. The predicted molar refractivity (Wildman–Crippen MR) is 58.7 cm³/mol. The zero-order valence-electron chi connectivity index (χ0n) is 8.15. The summed E-state index contributed by atoms with van der Waals surface area (Å²) in [6.07, 6.45) is 2.00. The van der Waals surface area contributed by atoms with Crippen molar-refractivity contribution in [3.63, 3.8) is 0 Å². The topological polar surface area (TPSA) is 22.0 Å². The Kier molecular flexibility index (Phi) is 2.25. The lowest BCUT2D eigenvalue weighted by Gasteiger charge is -1.98. The van der Waals surface area contributed by atoms with Crippen molar-refractivity contribution in [3.8, 4) is 10.6 Å². The molecule has 2 aromatic rings. The van der Waals surface area contributed by atoms with Crippen molar-refractivity contribution in [1.82, 2.24) is 4.57 Å². The Morgan fingerprint density at radius 3 is 2.64 bits per heavy atom. The van der Waals surface area contributed by atoms with Crippen molar-refractivity contribution in [2.45, 2.75) is 6.92 Å². The zero-order valence-corrected chi connectivity index (χ0v) is 8.97. The molecule has 0 N–H and O–H groups in total. The quantitative estimate of drug-likeness (QED) is 0.691. The van der Waals surface area contributed by atoms with E-state index >= 15 is 0 Å². The van der Waals surface area contributed by atoms with E-state index in [1.807, 2.05) is 31.4 Å². The highest BCUT2D eigenvalue weighted by Gasteiger charge is 2.07. The largest absolute Gasteiger partial charge is 0.350 e. The van der Waals surface area contributed by atoms with Crippen LogP contribution in [-0.4, -0.2) is 10.4 Å². The van der Waals surface area contributed by atoms with Gasteiger partial charge in [0.2, 0.25) is 0 Å². The molecule has 3 heteroatoms. The molecular weight excluding hydrogens is 194 g/mol. The Morgan fingerprint density at radius 1 is 1.36 bits per heavy atom. The lowest BCUT2D eigenvalue weighted by Crippen LogP contribution is -1.86. The van der Waals surface area contributed by atoms with Crippen molar-refractivity contribution in [2.24, 2.45) is 7.05 Å². The highest BCUT2D eigenvalue weighted by atomic mass is 32.1. The van der Waals surface area contributed by atoms with Crippen LogP contribution in [-0.2, 0) is 7.05 Å². The fourth-order valence-corrected chi connectivity index (χ4v) is 2.35. The first-order valence-corrected chi connectivity index (χ1v) is 5.22. The summed E-state index contributed by atoms with van der Waals surface area (Å²) in [5.41, 5.74) is 1.16. The van der Waals surface area contributed by atoms with E-state index in [-0.39, 0.29) is 5.78 Å². The maximum Gasteiger partial charge on any atom is 0.169 e. The molecule has 0 aromatic carbocycles. The highest BCUT2D eigenvalue weighted by Crippen LogP contribution is 2.28. The third-order valence-corrected chi connectivity index (χ3v) is 3.36. The van der Waals surface area contributed by atoms with Crippen LogP contribution in [0, 0.1) is 0 Å². The molecule has 0 atom stereocenters. The molecule has 0 aliphatic rings. The number of carbonyl (C=O) groups excluding carboxylic acids is 1. The van der Waals surface area contributed by atoms with E-state index in [1.165, 1.54) is 0 Å². The summed E-state index contributed by atoms with van der Waals surface area (Å²) in [5, 5.41) is 0. The van der Waals surface area contributed by atoms with Gasteiger partial charge in [-0.2, -0.15) is 0 Å². The van der Waals surface area contributed by atoms with Gasteiger partial charge in [-0.15, -0.1) is 11.3 Å². The molecule has 0 saturated carbocycles. The minimum atomic E-state index is 0.135. The van der Waals surface area contributed by atoms with Crippen LogP contribution in [0.15, 0.2) is 30.5 Å². The Hall–Kier alpha value is -1.35. The summed E-state index contributed by atoms with van der Waals surface area (Å²) >= 11 is 1.54. The van der Waals surface area contributed by atoms with E-state index in [0.717, 1.165) is 15.4 Å². The van der Waals surface area contributed by atoms with Crippen molar-refractivity contribution in [3.05, 3.63) is 35.3 Å². The standard InChI is InChI=1S/C11H11NOS/c1-8(13)10-5-6-11(14-10)9-4-3-7-12(9)2/h3-7H,1-2H3. The molecule has 0 unspecified atom stereocenters. The minimum Gasteiger partial charge on any atom is -0.350 e. The Morgan fingerprint density at radius 2 is 2.14 bits per heavy atom. The van der Waals surface area contributed by atoms with Gasteiger partial charge in [0.25, 0.3) is 0 Å². The molecule has 72 valence electrons. The van der Waals surface area contributed by atoms with Gasteiger partial charge in [-0.25, -0.2) is 0 Å². The van der Waals surface area contributed by atoms with Gasteiger partial charge in [0.05, 0.1) is 15.4 Å².